The van der Waals surface area contributed by atoms with E-state index in [0.717, 1.165) is 50.0 Å². The number of rotatable bonds is 2. The topological polar surface area (TPSA) is 58.6 Å². The number of carbonyl (C=O) groups is 1. The number of aromatic nitrogens is 2. The lowest BCUT2D eigenvalue weighted by molar-refractivity contribution is -0.127. The molecular weight excluding hydrogens is 433 g/mol. The molecule has 0 aliphatic carbocycles. The first-order chi connectivity index (χ1) is 15.4. The summed E-state index contributed by atoms with van der Waals surface area (Å²) in [6, 6.07) is 4.72. The number of amides is 1. The third-order valence-corrected chi connectivity index (χ3v) is 6.68. The molecule has 2 fully saturated rings. The van der Waals surface area contributed by atoms with Crippen molar-refractivity contribution >= 4 is 22.8 Å². The van der Waals surface area contributed by atoms with Crippen LogP contribution in [0.4, 0.5) is 23.8 Å². The van der Waals surface area contributed by atoms with Crippen molar-refractivity contribution in [1.82, 2.24) is 14.9 Å². The van der Waals surface area contributed by atoms with Crippen molar-refractivity contribution in [3.8, 4) is 0 Å². The van der Waals surface area contributed by atoms with Gasteiger partial charge in [0.25, 0.3) is 0 Å². The molecule has 1 spiro atoms. The second-order valence-corrected chi connectivity index (χ2v) is 10.3. The molecule has 33 heavy (non-hydrogen) atoms. The Labute approximate surface area is 192 Å². The summed E-state index contributed by atoms with van der Waals surface area (Å²) in [6.45, 7) is 8.67. The first-order valence-corrected chi connectivity index (χ1v) is 11.5. The molecule has 0 radical (unpaired) electrons. The van der Waals surface area contributed by atoms with Crippen molar-refractivity contribution in [3.05, 3.63) is 30.1 Å². The van der Waals surface area contributed by atoms with E-state index in [1.54, 1.807) is 11.0 Å². The van der Waals surface area contributed by atoms with E-state index < -0.39 is 18.2 Å². The highest BCUT2D eigenvalue weighted by molar-refractivity contribution is 5.89. The number of likely N-dealkylation sites (tertiary alicyclic amines) is 1. The van der Waals surface area contributed by atoms with Gasteiger partial charge in [0, 0.05) is 31.6 Å². The van der Waals surface area contributed by atoms with Crippen LogP contribution in [0.15, 0.2) is 24.5 Å². The number of piperidine rings is 2. The number of fused-ring (bicyclic) bond motifs is 1. The average molecular weight is 465 g/mol. The van der Waals surface area contributed by atoms with E-state index in [2.05, 4.69) is 14.9 Å². The number of carbonyl (C=O) groups excluding carboxylic acids is 1. The molecule has 2 aliphatic heterocycles. The van der Waals surface area contributed by atoms with Crippen LogP contribution in [0.3, 0.4) is 0 Å². The summed E-state index contributed by atoms with van der Waals surface area (Å²) in [5, 5.41) is 0.777. The van der Waals surface area contributed by atoms with E-state index in [4.69, 9.17) is 4.74 Å². The zero-order valence-corrected chi connectivity index (χ0v) is 19.4. The lowest BCUT2D eigenvalue weighted by Crippen LogP contribution is -2.49. The highest BCUT2D eigenvalue weighted by atomic mass is 19.4. The van der Waals surface area contributed by atoms with Crippen LogP contribution in [0.2, 0.25) is 0 Å². The highest BCUT2D eigenvalue weighted by Crippen LogP contribution is 2.42. The van der Waals surface area contributed by atoms with Crippen LogP contribution in [-0.2, 0) is 11.2 Å². The van der Waals surface area contributed by atoms with Crippen LogP contribution in [0.25, 0.3) is 10.9 Å². The number of halogens is 3. The van der Waals surface area contributed by atoms with E-state index in [1.165, 1.54) is 18.5 Å². The first-order valence-electron chi connectivity index (χ1n) is 11.5. The third kappa shape index (κ3) is 5.68. The summed E-state index contributed by atoms with van der Waals surface area (Å²) in [6.07, 6.45) is -0.138. The molecule has 9 heteroatoms. The molecule has 6 nitrogen and oxygen atoms in total. The molecule has 0 atom stereocenters. The van der Waals surface area contributed by atoms with E-state index in [-0.39, 0.29) is 17.1 Å². The first kappa shape index (κ1) is 23.6. The SMILES string of the molecule is CC(C)(C)OC(=O)N1CCC2(CC1)CCN(c1ncnc3cc(CC(F)(F)F)ccc13)CC2. The molecule has 2 aromatic rings. The maximum atomic E-state index is 12.8. The molecule has 1 aromatic carbocycles. The molecule has 0 saturated carbocycles. The van der Waals surface area contributed by atoms with Gasteiger partial charge in [-0.15, -0.1) is 0 Å². The molecule has 1 amide bonds. The van der Waals surface area contributed by atoms with Crippen molar-refractivity contribution in [3.63, 3.8) is 0 Å². The zero-order valence-electron chi connectivity index (χ0n) is 19.4. The van der Waals surface area contributed by atoms with Crippen LogP contribution in [0.5, 0.6) is 0 Å². The molecule has 180 valence electrons. The predicted molar refractivity (Wildman–Crippen MR) is 120 cm³/mol. The number of alkyl halides is 3. The third-order valence-electron chi connectivity index (χ3n) is 6.68. The van der Waals surface area contributed by atoms with E-state index in [0.29, 0.717) is 18.6 Å². The van der Waals surface area contributed by atoms with Gasteiger partial charge in [0.15, 0.2) is 0 Å². The number of benzene rings is 1. The normalized spacial score (nSPS) is 19.2. The summed E-state index contributed by atoms with van der Waals surface area (Å²) in [7, 11) is 0. The average Bonchev–Trinajstić information content (AvgIpc) is 2.72. The van der Waals surface area contributed by atoms with Gasteiger partial charge in [-0.25, -0.2) is 14.8 Å². The Balaban J connectivity index is 1.40. The Morgan fingerprint density at radius 3 is 2.27 bits per heavy atom. The van der Waals surface area contributed by atoms with Crippen LogP contribution < -0.4 is 4.90 Å². The fraction of sp³-hybridized carbons (Fsp3) is 0.625. The zero-order chi connectivity index (χ0) is 23.9. The van der Waals surface area contributed by atoms with Crippen molar-refractivity contribution < 1.29 is 22.7 Å². The molecule has 3 heterocycles. The molecule has 2 aliphatic rings. The highest BCUT2D eigenvalue weighted by Gasteiger charge is 2.40. The smallest absolute Gasteiger partial charge is 0.410 e. The lowest BCUT2D eigenvalue weighted by atomic mass is 9.71. The maximum absolute atomic E-state index is 12.8. The van der Waals surface area contributed by atoms with E-state index in [9.17, 15) is 18.0 Å². The minimum atomic E-state index is -4.25. The number of anilines is 1. The lowest BCUT2D eigenvalue weighted by Gasteiger charge is -2.47. The Bertz CT molecular complexity index is 1000. The summed E-state index contributed by atoms with van der Waals surface area (Å²) in [5.41, 5.74) is 0.449. The van der Waals surface area contributed by atoms with Crippen molar-refractivity contribution in [2.75, 3.05) is 31.1 Å². The van der Waals surface area contributed by atoms with Crippen molar-refractivity contribution in [2.24, 2.45) is 5.41 Å². The second-order valence-electron chi connectivity index (χ2n) is 10.3. The number of hydrogen-bond acceptors (Lipinski definition) is 5. The summed E-state index contributed by atoms with van der Waals surface area (Å²) in [4.78, 5) is 25.0. The number of nitrogens with zero attached hydrogens (tertiary/aromatic N) is 4. The minimum Gasteiger partial charge on any atom is -0.444 e. The van der Waals surface area contributed by atoms with Gasteiger partial charge in [-0.05, 0) is 69.6 Å². The monoisotopic (exact) mass is 464 g/mol. The largest absolute Gasteiger partial charge is 0.444 e. The van der Waals surface area contributed by atoms with Crippen LogP contribution in [0, 0.1) is 5.41 Å². The van der Waals surface area contributed by atoms with Crippen LogP contribution in [0.1, 0.15) is 52.0 Å². The summed E-state index contributed by atoms with van der Waals surface area (Å²) in [5.74, 6) is 0.777. The van der Waals surface area contributed by atoms with E-state index >= 15 is 0 Å². The predicted octanol–water partition coefficient (Wildman–Crippen LogP) is 5.35. The Hall–Kier alpha value is -2.58. The van der Waals surface area contributed by atoms with Gasteiger partial charge in [0.05, 0.1) is 11.9 Å². The second kappa shape index (κ2) is 8.65. The van der Waals surface area contributed by atoms with Crippen molar-refractivity contribution in [1.29, 1.82) is 0 Å². The molecule has 4 rings (SSSR count). The minimum absolute atomic E-state index is 0.203. The molecule has 0 N–H and O–H groups in total. The van der Waals surface area contributed by atoms with Gasteiger partial charge in [0.1, 0.15) is 17.7 Å². The number of hydrogen-bond donors (Lipinski definition) is 0. The standard InChI is InChI=1S/C24H31F3N4O2/c1-22(2,3)33-21(32)31-12-8-23(9-13-31)6-10-30(11-7-23)20-18-5-4-17(15-24(25,26)27)14-19(18)28-16-29-20/h4-5,14,16H,6-13,15H2,1-3H3. The Kier molecular flexibility index (Phi) is 6.18. The van der Waals surface area contributed by atoms with Crippen molar-refractivity contribution in [2.45, 2.75) is 64.7 Å². The Morgan fingerprint density at radius 1 is 1.03 bits per heavy atom. The van der Waals surface area contributed by atoms with Gasteiger partial charge >= 0.3 is 12.3 Å². The molecule has 2 saturated heterocycles. The summed E-state index contributed by atoms with van der Waals surface area (Å²) >= 11 is 0. The van der Waals surface area contributed by atoms with Gasteiger partial charge in [0.2, 0.25) is 0 Å². The Morgan fingerprint density at radius 2 is 1.67 bits per heavy atom. The fourth-order valence-corrected chi connectivity index (χ4v) is 4.86. The van der Waals surface area contributed by atoms with Gasteiger partial charge in [-0.1, -0.05) is 6.07 Å². The fourth-order valence-electron chi connectivity index (χ4n) is 4.86. The van der Waals surface area contributed by atoms with E-state index in [1.807, 2.05) is 20.8 Å². The molecule has 1 aromatic heterocycles. The number of ether oxygens (including phenoxy) is 1. The van der Waals surface area contributed by atoms with Gasteiger partial charge < -0.3 is 14.5 Å². The quantitative estimate of drug-likeness (QED) is 0.600. The maximum Gasteiger partial charge on any atom is 0.410 e. The van der Waals surface area contributed by atoms with Crippen LogP contribution in [-0.4, -0.2) is 58.9 Å². The summed E-state index contributed by atoms with van der Waals surface area (Å²) < 4.78 is 43.8. The van der Waals surface area contributed by atoms with Gasteiger partial charge in [-0.2, -0.15) is 13.2 Å². The molecule has 0 bridgehead atoms. The molecule has 0 unspecified atom stereocenters. The van der Waals surface area contributed by atoms with Crippen LogP contribution >= 0.6 is 0 Å². The molecular formula is C24H31F3N4O2. The van der Waals surface area contributed by atoms with Gasteiger partial charge in [-0.3, -0.25) is 0 Å².